The molecular formula is C30H22B2S2. The molecule has 5 aliphatic heterocycles. The van der Waals surface area contributed by atoms with Gasteiger partial charge in [0.25, 0.3) is 0 Å². The Labute approximate surface area is 210 Å². The molecule has 0 aromatic heterocycles. The first-order chi connectivity index (χ1) is 16.4. The van der Waals surface area contributed by atoms with Crippen molar-refractivity contribution in [2.75, 3.05) is 0 Å². The van der Waals surface area contributed by atoms with Gasteiger partial charge in [0.2, 0.25) is 13.4 Å². The average Bonchev–Trinajstić information content (AvgIpc) is 2.83. The molecule has 0 N–H and O–H groups in total. The summed E-state index contributed by atoms with van der Waals surface area (Å²) < 4.78 is 0. The van der Waals surface area contributed by atoms with Gasteiger partial charge in [0.05, 0.1) is 0 Å². The lowest BCUT2D eigenvalue weighted by Crippen LogP contribution is -2.82. The van der Waals surface area contributed by atoms with Crippen molar-refractivity contribution in [3.05, 3.63) is 82.9 Å². The summed E-state index contributed by atoms with van der Waals surface area (Å²) >= 11 is 4.02. The van der Waals surface area contributed by atoms with Gasteiger partial charge >= 0.3 is 0 Å². The van der Waals surface area contributed by atoms with Crippen LogP contribution in [0.1, 0.15) is 49.9 Å². The van der Waals surface area contributed by atoms with E-state index in [1.807, 2.05) is 23.5 Å². The molecule has 5 heterocycles. The van der Waals surface area contributed by atoms with E-state index in [1.54, 1.807) is 43.9 Å². The second-order valence-corrected chi connectivity index (χ2v) is 13.8. The number of rotatable bonds is 0. The zero-order chi connectivity index (χ0) is 22.7. The molecule has 0 nitrogen and oxygen atoms in total. The molecule has 4 aromatic carbocycles. The lowest BCUT2D eigenvalue weighted by Gasteiger charge is -2.51. The first-order valence-corrected chi connectivity index (χ1v) is 14.0. The van der Waals surface area contributed by atoms with Crippen molar-refractivity contribution in [1.29, 1.82) is 0 Å². The van der Waals surface area contributed by atoms with E-state index in [2.05, 4.69) is 88.4 Å². The molecule has 5 aliphatic rings. The molecule has 0 fully saturated rings. The Hall–Kier alpha value is -2.29. The lowest BCUT2D eigenvalue weighted by molar-refractivity contribution is 0.641. The van der Waals surface area contributed by atoms with E-state index >= 15 is 0 Å². The standard InChI is InChI=1S/C30H22B2S2/c1-29(2)15-7-5-9-19-23(15)31-25-17(29)11-13-21-27(25)32-24-16(8-6-10-20(24)34-21)30(3,4)18-12-14-22(33-19)28(31)26(18)32/h5-14H,1-4H3. The van der Waals surface area contributed by atoms with Crippen molar-refractivity contribution < 1.29 is 0 Å². The summed E-state index contributed by atoms with van der Waals surface area (Å²) in [6, 6.07) is 23.9. The SMILES string of the molecule is CC1(C)c2cccc3c2B2c4c(ccc5c4B4c6c(cccc6C5(C)C)Sc5ccc1c2c54)S3. The number of hydrogen-bond acceptors (Lipinski definition) is 2. The van der Waals surface area contributed by atoms with Gasteiger partial charge in [-0.1, -0.05) is 120 Å². The number of benzene rings is 4. The van der Waals surface area contributed by atoms with Gasteiger partial charge in [-0.25, -0.2) is 0 Å². The molecule has 0 spiro atoms. The molecule has 0 atom stereocenters. The summed E-state index contributed by atoms with van der Waals surface area (Å²) in [6.45, 7) is 10.5. The van der Waals surface area contributed by atoms with Crippen LogP contribution in [0, 0.1) is 0 Å². The summed E-state index contributed by atoms with van der Waals surface area (Å²) in [5, 5.41) is 0. The van der Waals surface area contributed by atoms with Crippen molar-refractivity contribution in [2.24, 2.45) is 0 Å². The van der Waals surface area contributed by atoms with E-state index in [4.69, 9.17) is 0 Å². The second kappa shape index (κ2) is 5.58. The summed E-state index contributed by atoms with van der Waals surface area (Å²) in [6.07, 6.45) is 0. The van der Waals surface area contributed by atoms with Crippen LogP contribution in [0.2, 0.25) is 0 Å². The van der Waals surface area contributed by atoms with Crippen LogP contribution in [0.5, 0.6) is 0 Å². The van der Waals surface area contributed by atoms with Crippen molar-refractivity contribution in [3.63, 3.8) is 0 Å². The van der Waals surface area contributed by atoms with Gasteiger partial charge in [-0.05, 0) is 46.5 Å². The van der Waals surface area contributed by atoms with Gasteiger partial charge in [-0.3, -0.25) is 0 Å². The molecule has 0 saturated carbocycles. The molecule has 0 radical (unpaired) electrons. The Kier molecular flexibility index (Phi) is 3.11. The van der Waals surface area contributed by atoms with Crippen molar-refractivity contribution in [2.45, 2.75) is 58.1 Å². The van der Waals surface area contributed by atoms with Crippen LogP contribution < -0.4 is 32.8 Å². The van der Waals surface area contributed by atoms with E-state index in [0.29, 0.717) is 13.4 Å². The monoisotopic (exact) mass is 468 g/mol. The third-order valence-electron chi connectivity index (χ3n) is 9.49. The van der Waals surface area contributed by atoms with Gasteiger partial charge in [-0.15, -0.1) is 0 Å². The average molecular weight is 468 g/mol. The van der Waals surface area contributed by atoms with Crippen molar-refractivity contribution in [1.82, 2.24) is 0 Å². The molecule has 0 saturated heterocycles. The Morgan fingerprint density at radius 2 is 0.824 bits per heavy atom. The third kappa shape index (κ3) is 1.83. The van der Waals surface area contributed by atoms with Crippen LogP contribution in [0.25, 0.3) is 0 Å². The summed E-state index contributed by atoms with van der Waals surface area (Å²) in [4.78, 5) is 5.88. The first kappa shape index (κ1) is 19.0. The molecule has 0 aliphatic carbocycles. The molecule has 0 unspecified atom stereocenters. The van der Waals surface area contributed by atoms with Crippen molar-refractivity contribution in [3.8, 4) is 0 Å². The normalized spacial score (nSPS) is 19.3. The van der Waals surface area contributed by atoms with Gasteiger partial charge in [-0.2, -0.15) is 0 Å². The quantitative estimate of drug-likeness (QED) is 0.314. The van der Waals surface area contributed by atoms with Gasteiger partial charge < -0.3 is 0 Å². The fourth-order valence-electron chi connectivity index (χ4n) is 8.06. The Balaban J connectivity index is 1.54. The fourth-order valence-corrected chi connectivity index (χ4v) is 10.5. The van der Waals surface area contributed by atoms with E-state index in [1.165, 1.54) is 30.7 Å². The zero-order valence-corrected chi connectivity index (χ0v) is 21.4. The first-order valence-electron chi connectivity index (χ1n) is 12.4. The Morgan fingerprint density at radius 3 is 1.26 bits per heavy atom. The summed E-state index contributed by atoms with van der Waals surface area (Å²) in [7, 11) is 0. The minimum absolute atomic E-state index is 0.0117. The van der Waals surface area contributed by atoms with Crippen LogP contribution in [-0.4, -0.2) is 13.4 Å². The highest BCUT2D eigenvalue weighted by molar-refractivity contribution is 8.00. The smallest absolute Gasteiger partial charge is 0.0912 e. The highest BCUT2D eigenvalue weighted by Crippen LogP contribution is 2.45. The molecule has 34 heavy (non-hydrogen) atoms. The number of hydrogen-bond donors (Lipinski definition) is 0. The Morgan fingerprint density at radius 1 is 0.441 bits per heavy atom. The minimum atomic E-state index is 0.0117. The van der Waals surface area contributed by atoms with Gasteiger partial charge in [0, 0.05) is 30.4 Å². The van der Waals surface area contributed by atoms with Crippen LogP contribution in [0.15, 0.2) is 80.2 Å². The van der Waals surface area contributed by atoms with E-state index in [-0.39, 0.29) is 10.8 Å². The van der Waals surface area contributed by atoms with E-state index in [0.717, 1.165) is 0 Å². The van der Waals surface area contributed by atoms with E-state index < -0.39 is 0 Å². The second-order valence-electron chi connectivity index (χ2n) is 11.6. The molecule has 160 valence electrons. The van der Waals surface area contributed by atoms with Crippen LogP contribution in [-0.2, 0) is 10.8 Å². The van der Waals surface area contributed by atoms with Gasteiger partial charge in [0.1, 0.15) is 0 Å². The fraction of sp³-hybridized carbons (Fsp3) is 0.200. The highest BCUT2D eigenvalue weighted by Gasteiger charge is 2.55. The maximum Gasteiger partial charge on any atom is 0.243 e. The predicted molar refractivity (Wildman–Crippen MR) is 148 cm³/mol. The maximum atomic E-state index is 2.47. The largest absolute Gasteiger partial charge is 0.243 e. The molecule has 0 bridgehead atoms. The van der Waals surface area contributed by atoms with Crippen LogP contribution in [0.4, 0.5) is 0 Å². The highest BCUT2D eigenvalue weighted by atomic mass is 32.2. The van der Waals surface area contributed by atoms with Crippen molar-refractivity contribution >= 4 is 69.7 Å². The van der Waals surface area contributed by atoms with Crippen LogP contribution >= 0.6 is 23.5 Å². The minimum Gasteiger partial charge on any atom is -0.0912 e. The Bertz CT molecular complexity index is 1560. The lowest BCUT2D eigenvalue weighted by atomic mass is 9.17. The maximum absolute atomic E-state index is 2.47. The third-order valence-corrected chi connectivity index (χ3v) is 11.8. The predicted octanol–water partition coefficient (Wildman–Crippen LogP) is 3.24. The summed E-state index contributed by atoms with van der Waals surface area (Å²) in [5.74, 6) is 0. The molecule has 0 amide bonds. The topological polar surface area (TPSA) is 0 Å². The molecule has 4 heteroatoms. The molecular weight excluding hydrogens is 446 g/mol. The van der Waals surface area contributed by atoms with E-state index in [9.17, 15) is 0 Å². The molecule has 9 rings (SSSR count). The molecule has 4 aromatic rings. The van der Waals surface area contributed by atoms with Crippen LogP contribution in [0.3, 0.4) is 0 Å². The van der Waals surface area contributed by atoms with Gasteiger partial charge in [0.15, 0.2) is 0 Å². The summed E-state index contributed by atoms with van der Waals surface area (Å²) in [5.41, 5.74) is 15.8. The zero-order valence-electron chi connectivity index (χ0n) is 19.7.